The fourth-order valence-electron chi connectivity index (χ4n) is 1.57. The van der Waals surface area contributed by atoms with E-state index in [-0.39, 0.29) is 6.42 Å². The highest BCUT2D eigenvalue weighted by molar-refractivity contribution is 9.10. The van der Waals surface area contributed by atoms with Crippen LogP contribution in [0.4, 0.5) is 0 Å². The molecule has 4 heteroatoms. The number of aryl methyl sites for hydroxylation is 2. The summed E-state index contributed by atoms with van der Waals surface area (Å²) >= 11 is 3.47. The number of hydrogen-bond acceptors (Lipinski definition) is 2. The molecule has 1 aromatic rings. The fourth-order valence-corrected chi connectivity index (χ4v) is 2.16. The van der Waals surface area contributed by atoms with Crippen LogP contribution < -0.4 is 4.74 Å². The number of carboxylic acid groups (broad SMARTS) is 1. The van der Waals surface area contributed by atoms with E-state index in [1.807, 2.05) is 13.0 Å². The summed E-state index contributed by atoms with van der Waals surface area (Å²) in [7, 11) is 1.63. The molecule has 0 aliphatic carbocycles. The van der Waals surface area contributed by atoms with E-state index in [1.165, 1.54) is 0 Å². The van der Waals surface area contributed by atoms with Crippen molar-refractivity contribution in [3.8, 4) is 5.75 Å². The quantitative estimate of drug-likeness (QED) is 0.904. The highest BCUT2D eigenvalue weighted by atomic mass is 79.9. The summed E-state index contributed by atoms with van der Waals surface area (Å²) in [4.78, 5) is 10.4. The zero-order chi connectivity index (χ0) is 12.1. The van der Waals surface area contributed by atoms with E-state index in [0.29, 0.717) is 6.42 Å². The molecule has 0 saturated carbocycles. The van der Waals surface area contributed by atoms with E-state index in [9.17, 15) is 4.79 Å². The van der Waals surface area contributed by atoms with Gasteiger partial charge in [0.05, 0.1) is 11.6 Å². The molecule has 0 radical (unpaired) electrons. The third kappa shape index (κ3) is 3.52. The van der Waals surface area contributed by atoms with Crippen molar-refractivity contribution < 1.29 is 14.6 Å². The molecule has 0 aromatic heterocycles. The summed E-state index contributed by atoms with van der Waals surface area (Å²) in [5.74, 6) is 0.0427. The highest BCUT2D eigenvalue weighted by Gasteiger charge is 2.08. The van der Waals surface area contributed by atoms with E-state index < -0.39 is 5.97 Å². The second-order valence-electron chi connectivity index (χ2n) is 3.69. The van der Waals surface area contributed by atoms with Crippen LogP contribution in [0.15, 0.2) is 16.6 Å². The predicted molar refractivity (Wildman–Crippen MR) is 66.0 cm³/mol. The van der Waals surface area contributed by atoms with Crippen LogP contribution in [0, 0.1) is 6.92 Å². The second-order valence-corrected chi connectivity index (χ2v) is 4.48. The lowest BCUT2D eigenvalue weighted by molar-refractivity contribution is -0.137. The van der Waals surface area contributed by atoms with Gasteiger partial charge in [0, 0.05) is 6.42 Å². The van der Waals surface area contributed by atoms with E-state index in [1.54, 1.807) is 7.11 Å². The first-order chi connectivity index (χ1) is 7.54. The normalized spacial score (nSPS) is 10.2. The monoisotopic (exact) mass is 286 g/mol. The van der Waals surface area contributed by atoms with Gasteiger partial charge in [0.15, 0.2) is 0 Å². The van der Waals surface area contributed by atoms with Crippen LogP contribution in [0.3, 0.4) is 0 Å². The molecule has 1 rings (SSSR count). The maximum absolute atomic E-state index is 10.4. The SMILES string of the molecule is COc1cc(C)cc(CCCC(=O)O)c1Br. The zero-order valence-corrected chi connectivity index (χ0v) is 11.0. The Labute approximate surface area is 104 Å². The van der Waals surface area contributed by atoms with E-state index in [0.717, 1.165) is 27.8 Å². The predicted octanol–water partition coefficient (Wildman–Crippen LogP) is 3.17. The molecule has 88 valence electrons. The van der Waals surface area contributed by atoms with Crippen molar-refractivity contribution in [2.45, 2.75) is 26.2 Å². The molecule has 3 nitrogen and oxygen atoms in total. The number of halogens is 1. The van der Waals surface area contributed by atoms with Gasteiger partial charge in [0.1, 0.15) is 5.75 Å². The molecule has 0 saturated heterocycles. The van der Waals surface area contributed by atoms with Crippen molar-refractivity contribution in [1.82, 2.24) is 0 Å². The molecule has 0 spiro atoms. The maximum Gasteiger partial charge on any atom is 0.303 e. The Kier molecular flexibility index (Phi) is 4.80. The lowest BCUT2D eigenvalue weighted by Crippen LogP contribution is -1.98. The van der Waals surface area contributed by atoms with Crippen LogP contribution >= 0.6 is 15.9 Å². The first-order valence-corrected chi connectivity index (χ1v) is 5.88. The van der Waals surface area contributed by atoms with Crippen molar-refractivity contribution >= 4 is 21.9 Å². The minimum absolute atomic E-state index is 0.197. The van der Waals surface area contributed by atoms with Gasteiger partial charge in [-0.3, -0.25) is 4.79 Å². The molecule has 1 aromatic carbocycles. The van der Waals surface area contributed by atoms with Crippen molar-refractivity contribution in [3.63, 3.8) is 0 Å². The molecule has 16 heavy (non-hydrogen) atoms. The van der Waals surface area contributed by atoms with Crippen molar-refractivity contribution in [3.05, 3.63) is 27.7 Å². The van der Waals surface area contributed by atoms with Gasteiger partial charge < -0.3 is 9.84 Å². The Morgan fingerprint density at radius 1 is 1.50 bits per heavy atom. The van der Waals surface area contributed by atoms with Crippen LogP contribution in [0.25, 0.3) is 0 Å². The molecule has 0 amide bonds. The van der Waals surface area contributed by atoms with Crippen molar-refractivity contribution in [1.29, 1.82) is 0 Å². The third-order valence-corrected chi connectivity index (χ3v) is 3.22. The van der Waals surface area contributed by atoms with Crippen LogP contribution in [-0.2, 0) is 11.2 Å². The van der Waals surface area contributed by atoms with Gasteiger partial charge in [-0.1, -0.05) is 6.07 Å². The first-order valence-electron chi connectivity index (χ1n) is 5.09. The average Bonchev–Trinajstić information content (AvgIpc) is 2.22. The minimum atomic E-state index is -0.754. The van der Waals surface area contributed by atoms with Crippen molar-refractivity contribution in [2.75, 3.05) is 7.11 Å². The highest BCUT2D eigenvalue weighted by Crippen LogP contribution is 2.31. The largest absolute Gasteiger partial charge is 0.496 e. The van der Waals surface area contributed by atoms with Crippen LogP contribution in [-0.4, -0.2) is 18.2 Å². The van der Waals surface area contributed by atoms with Crippen LogP contribution in [0.1, 0.15) is 24.0 Å². The van der Waals surface area contributed by atoms with Gasteiger partial charge in [0.25, 0.3) is 0 Å². The van der Waals surface area contributed by atoms with E-state index in [2.05, 4.69) is 22.0 Å². The summed E-state index contributed by atoms with van der Waals surface area (Å²) < 4.78 is 6.15. The first kappa shape index (κ1) is 13.0. The number of ether oxygens (including phenoxy) is 1. The minimum Gasteiger partial charge on any atom is -0.496 e. The lowest BCUT2D eigenvalue weighted by atomic mass is 10.1. The van der Waals surface area contributed by atoms with Gasteiger partial charge >= 0.3 is 5.97 Å². The number of rotatable bonds is 5. The molecule has 0 heterocycles. The molecular formula is C12H15BrO3. The van der Waals surface area contributed by atoms with Crippen LogP contribution in [0.5, 0.6) is 5.75 Å². The number of benzene rings is 1. The third-order valence-electron chi connectivity index (χ3n) is 2.32. The number of carbonyl (C=O) groups is 1. The number of aliphatic carboxylic acids is 1. The summed E-state index contributed by atoms with van der Waals surface area (Å²) in [6.45, 7) is 2.00. The molecule has 0 atom stereocenters. The Balaban J connectivity index is 2.78. The molecule has 0 aliphatic rings. The molecule has 0 unspecified atom stereocenters. The van der Waals surface area contributed by atoms with E-state index >= 15 is 0 Å². The maximum atomic E-state index is 10.4. The smallest absolute Gasteiger partial charge is 0.303 e. The fraction of sp³-hybridized carbons (Fsp3) is 0.417. The summed E-state index contributed by atoms with van der Waals surface area (Å²) in [5, 5.41) is 8.58. The Morgan fingerprint density at radius 2 is 2.19 bits per heavy atom. The summed E-state index contributed by atoms with van der Waals surface area (Å²) in [6, 6.07) is 4.00. The Morgan fingerprint density at radius 3 is 2.75 bits per heavy atom. The number of hydrogen-bond donors (Lipinski definition) is 1. The molecule has 0 aliphatic heterocycles. The number of carboxylic acids is 1. The molecule has 1 N–H and O–H groups in total. The van der Waals surface area contributed by atoms with Crippen LogP contribution in [0.2, 0.25) is 0 Å². The van der Waals surface area contributed by atoms with Crippen molar-refractivity contribution in [2.24, 2.45) is 0 Å². The van der Waals surface area contributed by atoms with Gasteiger partial charge in [-0.05, 0) is 52.9 Å². The molecule has 0 fully saturated rings. The summed E-state index contributed by atoms with van der Waals surface area (Å²) in [5.41, 5.74) is 2.21. The van der Waals surface area contributed by atoms with Gasteiger partial charge in [-0.2, -0.15) is 0 Å². The zero-order valence-electron chi connectivity index (χ0n) is 9.42. The average molecular weight is 287 g/mol. The lowest BCUT2D eigenvalue weighted by Gasteiger charge is -2.10. The number of methoxy groups -OCH3 is 1. The summed E-state index contributed by atoms with van der Waals surface area (Å²) in [6.07, 6.45) is 1.58. The van der Waals surface area contributed by atoms with E-state index in [4.69, 9.17) is 9.84 Å². The van der Waals surface area contributed by atoms with Gasteiger partial charge in [-0.25, -0.2) is 0 Å². The molecular weight excluding hydrogens is 272 g/mol. The Hall–Kier alpha value is -1.03. The topological polar surface area (TPSA) is 46.5 Å². The van der Waals surface area contributed by atoms with Gasteiger partial charge in [-0.15, -0.1) is 0 Å². The standard InChI is InChI=1S/C12H15BrO3/c1-8-6-9(4-3-5-11(14)15)12(13)10(7-8)16-2/h6-7H,3-5H2,1-2H3,(H,14,15). The Bertz CT molecular complexity index is 388. The molecule has 0 bridgehead atoms. The second kappa shape index (κ2) is 5.89. The van der Waals surface area contributed by atoms with Gasteiger partial charge in [0.2, 0.25) is 0 Å².